The number of hydrogen-bond acceptors (Lipinski definition) is 1. The van der Waals surface area contributed by atoms with Crippen molar-refractivity contribution < 1.29 is 0 Å². The molecule has 0 amide bonds. The van der Waals surface area contributed by atoms with E-state index < -0.39 is 0 Å². The van der Waals surface area contributed by atoms with Crippen molar-refractivity contribution in [1.29, 1.82) is 0 Å². The molecule has 10 rings (SSSR count). The number of rotatable bonds is 4. The first-order valence-corrected chi connectivity index (χ1v) is 17.8. The molecule has 50 heavy (non-hydrogen) atoms. The van der Waals surface area contributed by atoms with Gasteiger partial charge in [0.05, 0.1) is 11.0 Å². The summed E-state index contributed by atoms with van der Waals surface area (Å²) in [5.74, 6) is 0.414. The molecule has 0 bridgehead atoms. The molecular formula is C48H38N2. The highest BCUT2D eigenvalue weighted by atomic mass is 15.0. The highest BCUT2D eigenvalue weighted by Crippen LogP contribution is 2.51. The van der Waals surface area contributed by atoms with Crippen molar-refractivity contribution in [3.05, 3.63) is 168 Å². The van der Waals surface area contributed by atoms with Gasteiger partial charge in [-0.25, -0.2) is 0 Å². The smallest absolute Gasteiger partial charge is 0.0622 e. The minimum atomic E-state index is -0.0750. The normalized spacial score (nSPS) is 15.7. The molecule has 0 saturated carbocycles. The zero-order valence-corrected chi connectivity index (χ0v) is 28.7. The minimum absolute atomic E-state index is 0.0750. The Balaban J connectivity index is 1.21. The second kappa shape index (κ2) is 10.8. The van der Waals surface area contributed by atoms with Gasteiger partial charge in [-0.3, -0.25) is 0 Å². The predicted octanol–water partition coefficient (Wildman–Crippen LogP) is 13.2. The molecule has 8 aromatic rings. The molecule has 0 aliphatic heterocycles. The first kappa shape index (κ1) is 29.1. The van der Waals surface area contributed by atoms with E-state index in [1.807, 2.05) is 0 Å². The van der Waals surface area contributed by atoms with Gasteiger partial charge >= 0.3 is 0 Å². The maximum absolute atomic E-state index is 3.75. The summed E-state index contributed by atoms with van der Waals surface area (Å²) in [5, 5.41) is 9.03. The summed E-state index contributed by atoms with van der Waals surface area (Å²) in [5.41, 5.74) is 16.6. The zero-order chi connectivity index (χ0) is 33.6. The molecule has 0 saturated heterocycles. The molecule has 2 aliphatic rings. The van der Waals surface area contributed by atoms with Gasteiger partial charge < -0.3 is 9.88 Å². The lowest BCUT2D eigenvalue weighted by atomic mass is 9.82. The van der Waals surface area contributed by atoms with E-state index in [1.165, 1.54) is 82.8 Å². The number of anilines is 2. The Bertz CT molecular complexity index is 2670. The topological polar surface area (TPSA) is 17.0 Å². The van der Waals surface area contributed by atoms with Gasteiger partial charge in [-0.05, 0) is 105 Å². The van der Waals surface area contributed by atoms with Gasteiger partial charge in [0.1, 0.15) is 0 Å². The monoisotopic (exact) mass is 642 g/mol. The Morgan fingerprint density at radius 3 is 2.16 bits per heavy atom. The van der Waals surface area contributed by atoms with Crippen molar-refractivity contribution in [1.82, 2.24) is 4.57 Å². The molecule has 240 valence electrons. The molecule has 0 fully saturated rings. The maximum Gasteiger partial charge on any atom is 0.0622 e. The fourth-order valence-electron chi connectivity index (χ4n) is 8.94. The average Bonchev–Trinajstić information content (AvgIpc) is 3.61. The first-order chi connectivity index (χ1) is 24.5. The number of benzene rings is 7. The lowest BCUT2D eigenvalue weighted by Crippen LogP contribution is -2.15. The Morgan fingerprint density at radius 2 is 1.32 bits per heavy atom. The van der Waals surface area contributed by atoms with E-state index in [0.717, 1.165) is 17.8 Å². The summed E-state index contributed by atoms with van der Waals surface area (Å²) in [6.45, 7) is 7.14. The molecule has 1 heterocycles. The van der Waals surface area contributed by atoms with Crippen LogP contribution in [0.3, 0.4) is 0 Å². The van der Waals surface area contributed by atoms with Crippen LogP contribution in [-0.4, -0.2) is 4.57 Å². The molecule has 1 N–H and O–H groups in total. The van der Waals surface area contributed by atoms with Crippen molar-refractivity contribution in [3.63, 3.8) is 0 Å². The molecule has 0 spiro atoms. The SMILES string of the molecule is CC1CC=Cc2c1c1c3cc(Nc4ccc(-c5ccccc5)cc4)ccc3n(-c3ccc4c(c3)C(C)(C)c3ccccc3-4)c1c1ccccc21. The quantitative estimate of drug-likeness (QED) is 0.202. The molecule has 2 nitrogen and oxygen atoms in total. The second-order valence-corrected chi connectivity index (χ2v) is 14.7. The van der Waals surface area contributed by atoms with Crippen LogP contribution in [0.15, 0.2) is 146 Å². The highest BCUT2D eigenvalue weighted by Gasteiger charge is 2.35. The Kier molecular flexibility index (Phi) is 6.30. The van der Waals surface area contributed by atoms with Crippen molar-refractivity contribution >= 4 is 50.0 Å². The van der Waals surface area contributed by atoms with E-state index in [0.29, 0.717) is 5.92 Å². The molecule has 0 radical (unpaired) electrons. The van der Waals surface area contributed by atoms with Gasteiger partial charge in [-0.2, -0.15) is 0 Å². The summed E-state index contributed by atoms with van der Waals surface area (Å²) in [4.78, 5) is 0. The van der Waals surface area contributed by atoms with Crippen LogP contribution in [0.25, 0.3) is 66.6 Å². The van der Waals surface area contributed by atoms with Crippen LogP contribution in [0.2, 0.25) is 0 Å². The highest BCUT2D eigenvalue weighted by molar-refractivity contribution is 6.23. The van der Waals surface area contributed by atoms with Gasteiger partial charge in [-0.1, -0.05) is 130 Å². The third kappa shape index (κ3) is 4.21. The number of nitrogens with one attached hydrogen (secondary N) is 1. The summed E-state index contributed by atoms with van der Waals surface area (Å²) < 4.78 is 2.55. The fourth-order valence-corrected chi connectivity index (χ4v) is 8.94. The second-order valence-electron chi connectivity index (χ2n) is 14.7. The van der Waals surface area contributed by atoms with Gasteiger partial charge in [0.25, 0.3) is 0 Å². The minimum Gasteiger partial charge on any atom is -0.356 e. The fraction of sp³-hybridized carbons (Fsp3) is 0.125. The third-order valence-corrected chi connectivity index (χ3v) is 11.4. The van der Waals surface area contributed by atoms with E-state index in [1.54, 1.807) is 0 Å². The lowest BCUT2D eigenvalue weighted by Gasteiger charge is -2.23. The van der Waals surface area contributed by atoms with Crippen molar-refractivity contribution in [2.24, 2.45) is 0 Å². The summed E-state index contributed by atoms with van der Waals surface area (Å²) >= 11 is 0. The van der Waals surface area contributed by atoms with E-state index >= 15 is 0 Å². The van der Waals surface area contributed by atoms with Crippen LogP contribution < -0.4 is 5.32 Å². The van der Waals surface area contributed by atoms with Crippen LogP contribution in [-0.2, 0) is 5.41 Å². The third-order valence-electron chi connectivity index (χ3n) is 11.4. The number of hydrogen-bond donors (Lipinski definition) is 1. The molecule has 2 aliphatic carbocycles. The van der Waals surface area contributed by atoms with Gasteiger partial charge in [0, 0.05) is 38.6 Å². The summed E-state index contributed by atoms with van der Waals surface area (Å²) in [7, 11) is 0. The van der Waals surface area contributed by atoms with E-state index in [-0.39, 0.29) is 5.41 Å². The standard InChI is InChI=1S/C48H38N2/c1-30-12-11-18-39-36-15-7-8-17-40(36)47-46(45(30)39)41-28-34(49-33-22-20-32(21-23-33)31-13-5-4-6-14-31)24-27-44(41)50(47)35-25-26-38-37-16-9-10-19-42(37)48(2,3)43(38)29-35/h4-11,13-30,49H,12H2,1-3H3. The van der Waals surface area contributed by atoms with E-state index in [9.17, 15) is 0 Å². The number of allylic oxidation sites excluding steroid dienone is 1. The van der Waals surface area contributed by atoms with Crippen molar-refractivity contribution in [3.8, 4) is 27.9 Å². The van der Waals surface area contributed by atoms with Crippen LogP contribution in [0.4, 0.5) is 11.4 Å². The molecule has 1 atom stereocenters. The van der Waals surface area contributed by atoms with Crippen LogP contribution >= 0.6 is 0 Å². The van der Waals surface area contributed by atoms with Crippen molar-refractivity contribution in [2.45, 2.75) is 38.5 Å². The van der Waals surface area contributed by atoms with Crippen LogP contribution in [0, 0.1) is 0 Å². The Morgan fingerprint density at radius 1 is 0.620 bits per heavy atom. The lowest BCUT2D eigenvalue weighted by molar-refractivity contribution is 0.660. The molecule has 2 heteroatoms. The number of fused-ring (bicyclic) bond motifs is 11. The molecule has 1 unspecified atom stereocenters. The van der Waals surface area contributed by atoms with Crippen molar-refractivity contribution in [2.75, 3.05) is 5.32 Å². The van der Waals surface area contributed by atoms with Gasteiger partial charge in [0.15, 0.2) is 0 Å². The van der Waals surface area contributed by atoms with Gasteiger partial charge in [0.2, 0.25) is 0 Å². The molecular weight excluding hydrogens is 605 g/mol. The van der Waals surface area contributed by atoms with Crippen LogP contribution in [0.5, 0.6) is 0 Å². The average molecular weight is 643 g/mol. The summed E-state index contributed by atoms with van der Waals surface area (Å²) in [6, 6.07) is 51.4. The molecule has 7 aromatic carbocycles. The predicted molar refractivity (Wildman–Crippen MR) is 213 cm³/mol. The van der Waals surface area contributed by atoms with E-state index in [4.69, 9.17) is 0 Å². The number of aromatic nitrogens is 1. The molecule has 1 aromatic heterocycles. The van der Waals surface area contributed by atoms with E-state index in [2.05, 4.69) is 182 Å². The van der Waals surface area contributed by atoms with Crippen LogP contribution in [0.1, 0.15) is 55.4 Å². The Hall–Kier alpha value is -5.86. The maximum atomic E-state index is 3.75. The van der Waals surface area contributed by atoms with Gasteiger partial charge in [-0.15, -0.1) is 0 Å². The first-order valence-electron chi connectivity index (χ1n) is 17.8. The summed E-state index contributed by atoms with van der Waals surface area (Å²) in [6.07, 6.45) is 5.77. The number of nitrogens with zero attached hydrogens (tertiary/aromatic N) is 1. The largest absolute Gasteiger partial charge is 0.356 e. The Labute approximate surface area is 293 Å². The zero-order valence-electron chi connectivity index (χ0n) is 28.7.